The molecule has 2 aliphatic rings. The lowest BCUT2D eigenvalue weighted by atomic mass is 9.76. The Morgan fingerprint density at radius 3 is 2.75 bits per heavy atom. The Hall–Kier alpha value is -0.430. The molecular weight excluding hydrogens is 294 g/mol. The monoisotopic (exact) mass is 315 g/mol. The molecular formula is C14H21NO3S2. The quantitative estimate of drug-likeness (QED) is 0.932. The van der Waals surface area contributed by atoms with E-state index in [-0.39, 0.29) is 6.61 Å². The van der Waals surface area contributed by atoms with E-state index in [9.17, 15) is 13.5 Å². The maximum Gasteiger partial charge on any atom is 0.244 e. The topological polar surface area (TPSA) is 57.6 Å². The Kier molecular flexibility index (Phi) is 4.17. The Bertz CT molecular complexity index is 567. The molecule has 20 heavy (non-hydrogen) atoms. The van der Waals surface area contributed by atoms with Gasteiger partial charge in [-0.05, 0) is 36.1 Å². The summed E-state index contributed by atoms with van der Waals surface area (Å²) in [5.74, 6) is 1.25. The van der Waals surface area contributed by atoms with Gasteiger partial charge in [0.25, 0.3) is 0 Å². The van der Waals surface area contributed by atoms with Crippen molar-refractivity contribution in [2.24, 2.45) is 11.8 Å². The molecule has 1 saturated heterocycles. The van der Waals surface area contributed by atoms with Crippen LogP contribution in [0.4, 0.5) is 0 Å². The van der Waals surface area contributed by atoms with E-state index in [0.717, 1.165) is 18.8 Å². The van der Waals surface area contributed by atoms with Gasteiger partial charge in [-0.1, -0.05) is 19.3 Å². The number of thiophene rings is 1. The number of fused-ring (bicyclic) bond motifs is 1. The zero-order valence-electron chi connectivity index (χ0n) is 11.5. The molecule has 1 N–H and O–H groups in total. The highest BCUT2D eigenvalue weighted by Gasteiger charge is 2.37. The first-order valence-electron chi connectivity index (χ1n) is 7.30. The fraction of sp³-hybridized carbons (Fsp3) is 0.714. The molecule has 1 aliphatic carbocycles. The predicted octanol–water partition coefficient (Wildman–Crippen LogP) is 2.44. The number of aliphatic hydroxyl groups excluding tert-OH is 1. The number of sulfonamides is 1. The van der Waals surface area contributed by atoms with Crippen LogP contribution >= 0.6 is 11.3 Å². The van der Waals surface area contributed by atoms with Gasteiger partial charge in [0.1, 0.15) is 0 Å². The van der Waals surface area contributed by atoms with Crippen LogP contribution in [0.3, 0.4) is 0 Å². The second-order valence-electron chi connectivity index (χ2n) is 5.82. The summed E-state index contributed by atoms with van der Waals surface area (Å²) in [7, 11) is -3.43. The first-order valence-corrected chi connectivity index (χ1v) is 9.62. The van der Waals surface area contributed by atoms with Gasteiger partial charge in [0.05, 0.1) is 11.5 Å². The molecule has 2 atom stereocenters. The van der Waals surface area contributed by atoms with E-state index < -0.39 is 10.0 Å². The molecule has 3 rings (SSSR count). The number of hydrogen-bond acceptors (Lipinski definition) is 4. The highest BCUT2D eigenvalue weighted by atomic mass is 32.2. The predicted molar refractivity (Wildman–Crippen MR) is 79.1 cm³/mol. The van der Waals surface area contributed by atoms with Crippen molar-refractivity contribution in [2.75, 3.05) is 13.1 Å². The van der Waals surface area contributed by atoms with Crippen molar-refractivity contribution in [2.45, 2.75) is 43.6 Å². The lowest BCUT2D eigenvalue weighted by molar-refractivity contribution is 0.136. The van der Waals surface area contributed by atoms with Gasteiger partial charge in [-0.3, -0.25) is 0 Å². The molecule has 112 valence electrons. The summed E-state index contributed by atoms with van der Waals surface area (Å²) in [4.78, 5) is 0.857. The molecule has 2 heterocycles. The lowest BCUT2D eigenvalue weighted by Crippen LogP contribution is -2.44. The van der Waals surface area contributed by atoms with Gasteiger partial charge in [-0.25, -0.2) is 8.42 Å². The number of aliphatic hydroxyl groups is 1. The molecule has 4 nitrogen and oxygen atoms in total. The second-order valence-corrected chi connectivity index (χ2v) is 8.73. The van der Waals surface area contributed by atoms with Crippen LogP contribution in [0.2, 0.25) is 0 Å². The highest BCUT2D eigenvalue weighted by molar-refractivity contribution is 7.89. The van der Waals surface area contributed by atoms with Gasteiger partial charge in [0, 0.05) is 18.0 Å². The van der Waals surface area contributed by atoms with Gasteiger partial charge in [-0.2, -0.15) is 4.31 Å². The summed E-state index contributed by atoms with van der Waals surface area (Å²) < 4.78 is 27.1. The van der Waals surface area contributed by atoms with Crippen LogP contribution < -0.4 is 0 Å². The molecule has 0 amide bonds. The van der Waals surface area contributed by atoms with Crippen molar-refractivity contribution in [1.82, 2.24) is 4.31 Å². The van der Waals surface area contributed by atoms with Crippen molar-refractivity contribution in [3.63, 3.8) is 0 Å². The van der Waals surface area contributed by atoms with Gasteiger partial charge >= 0.3 is 0 Å². The average Bonchev–Trinajstić information content (AvgIpc) is 2.96. The van der Waals surface area contributed by atoms with E-state index in [2.05, 4.69) is 0 Å². The third-order valence-electron chi connectivity index (χ3n) is 4.72. The minimum atomic E-state index is -3.43. The fourth-order valence-corrected chi connectivity index (χ4v) is 6.38. The van der Waals surface area contributed by atoms with E-state index in [4.69, 9.17) is 0 Å². The number of hydrogen-bond donors (Lipinski definition) is 1. The maximum absolute atomic E-state index is 12.7. The van der Waals surface area contributed by atoms with Crippen molar-refractivity contribution in [3.05, 3.63) is 16.3 Å². The van der Waals surface area contributed by atoms with Crippen molar-refractivity contribution in [1.29, 1.82) is 0 Å². The van der Waals surface area contributed by atoms with Crippen molar-refractivity contribution < 1.29 is 13.5 Å². The van der Waals surface area contributed by atoms with Crippen LogP contribution in [0.5, 0.6) is 0 Å². The number of nitrogens with zero attached hydrogens (tertiary/aromatic N) is 1. The maximum atomic E-state index is 12.7. The molecule has 2 unspecified atom stereocenters. The Morgan fingerprint density at radius 1 is 1.25 bits per heavy atom. The van der Waals surface area contributed by atoms with Crippen LogP contribution in [-0.4, -0.2) is 30.9 Å². The van der Waals surface area contributed by atoms with Crippen LogP contribution in [-0.2, 0) is 16.6 Å². The minimum Gasteiger partial charge on any atom is -0.391 e. The van der Waals surface area contributed by atoms with Crippen molar-refractivity contribution >= 4 is 21.4 Å². The molecule has 0 bridgehead atoms. The normalized spacial score (nSPS) is 28.2. The largest absolute Gasteiger partial charge is 0.391 e. The summed E-state index contributed by atoms with van der Waals surface area (Å²) in [6.07, 6.45) is 5.94. The van der Waals surface area contributed by atoms with E-state index in [1.807, 2.05) is 0 Å². The summed E-state index contributed by atoms with van der Waals surface area (Å²) in [6.45, 7) is 1.09. The van der Waals surface area contributed by atoms with E-state index in [0.29, 0.717) is 28.8 Å². The average molecular weight is 315 g/mol. The molecule has 2 fully saturated rings. The van der Waals surface area contributed by atoms with Crippen LogP contribution in [0, 0.1) is 11.8 Å². The Labute approximate surface area is 124 Å². The summed E-state index contributed by atoms with van der Waals surface area (Å²) in [5, 5.41) is 11.0. The van der Waals surface area contributed by atoms with Crippen LogP contribution in [0.15, 0.2) is 16.3 Å². The Balaban J connectivity index is 1.82. The minimum absolute atomic E-state index is 0.202. The molecule has 0 radical (unpaired) electrons. The van der Waals surface area contributed by atoms with Gasteiger partial charge < -0.3 is 5.11 Å². The van der Waals surface area contributed by atoms with Crippen LogP contribution in [0.25, 0.3) is 0 Å². The molecule has 6 heteroatoms. The standard InChI is InChI=1S/C14H21NO3S2/c16-10-13-14(6-8-19-13)20(17,18)15-7-5-11-3-1-2-4-12(11)9-15/h6,8,11-12,16H,1-5,7,9-10H2. The molecule has 0 aromatic carbocycles. The van der Waals surface area contributed by atoms with Crippen molar-refractivity contribution in [3.8, 4) is 0 Å². The first kappa shape index (κ1) is 14.5. The van der Waals surface area contributed by atoms with Gasteiger partial charge in [0.15, 0.2) is 0 Å². The number of piperidine rings is 1. The number of rotatable bonds is 3. The van der Waals surface area contributed by atoms with Gasteiger partial charge in [0.2, 0.25) is 10.0 Å². The lowest BCUT2D eigenvalue weighted by Gasteiger charge is -2.40. The van der Waals surface area contributed by atoms with Crippen LogP contribution in [0.1, 0.15) is 37.0 Å². The molecule has 0 spiro atoms. The smallest absolute Gasteiger partial charge is 0.244 e. The zero-order chi connectivity index (χ0) is 14.2. The van der Waals surface area contributed by atoms with E-state index in [1.165, 1.54) is 30.6 Å². The summed E-state index contributed by atoms with van der Waals surface area (Å²) in [6, 6.07) is 1.62. The molecule has 1 aliphatic heterocycles. The van der Waals surface area contributed by atoms with Gasteiger partial charge in [-0.15, -0.1) is 11.3 Å². The first-order chi connectivity index (χ1) is 9.63. The molecule has 1 aromatic heterocycles. The highest BCUT2D eigenvalue weighted by Crippen LogP contribution is 2.38. The Morgan fingerprint density at radius 2 is 2.00 bits per heavy atom. The van der Waals surface area contributed by atoms with E-state index >= 15 is 0 Å². The SMILES string of the molecule is O=S(=O)(c1ccsc1CO)N1CCC2CCCCC2C1. The second kappa shape index (κ2) is 5.75. The zero-order valence-corrected chi connectivity index (χ0v) is 13.1. The fourth-order valence-electron chi connectivity index (χ4n) is 3.60. The molecule has 1 aromatic rings. The third-order valence-corrected chi connectivity index (χ3v) is 7.70. The molecule has 1 saturated carbocycles. The van der Waals surface area contributed by atoms with E-state index in [1.54, 1.807) is 15.8 Å². The summed E-state index contributed by atoms with van der Waals surface area (Å²) in [5.41, 5.74) is 0. The third kappa shape index (κ3) is 2.54. The summed E-state index contributed by atoms with van der Waals surface area (Å²) >= 11 is 1.31.